The lowest BCUT2D eigenvalue weighted by Gasteiger charge is -2.60. The lowest BCUT2D eigenvalue weighted by molar-refractivity contribution is -0.182. The molecule has 1 fully saturated rings. The van der Waals surface area contributed by atoms with Crippen LogP contribution in [0.1, 0.15) is 63.5 Å². The maximum Gasteiger partial charge on any atom is 0.416 e. The van der Waals surface area contributed by atoms with Crippen LogP contribution in [0, 0.1) is 13.8 Å². The number of carbonyl (C=O) groups is 2. The smallest absolute Gasteiger partial charge is 0.416 e. The molecule has 3 aromatic rings. The van der Waals surface area contributed by atoms with Gasteiger partial charge in [0.05, 0.1) is 30.8 Å². The van der Waals surface area contributed by atoms with Crippen molar-refractivity contribution in [3.63, 3.8) is 0 Å². The van der Waals surface area contributed by atoms with Crippen molar-refractivity contribution in [1.82, 2.24) is 9.80 Å². The molecule has 4 heterocycles. The van der Waals surface area contributed by atoms with E-state index in [1.165, 1.54) is 32.2 Å². The molecule has 51 heavy (non-hydrogen) atoms. The molecule has 0 radical (unpaired) electrons. The molecule has 2 N–H and O–H groups in total. The third kappa shape index (κ3) is 5.75. The van der Waals surface area contributed by atoms with Crippen molar-refractivity contribution in [3.05, 3.63) is 80.9 Å². The molecule has 0 spiro atoms. The molecule has 0 aliphatic carbocycles. The van der Waals surface area contributed by atoms with Crippen molar-refractivity contribution >= 4 is 18.0 Å². The molecule has 11 nitrogen and oxygen atoms in total. The maximum absolute atomic E-state index is 13.3. The number of ether oxygens (including phenoxy) is 5. The fraction of sp³-hybridized carbons (Fsp3) is 0.405. The van der Waals surface area contributed by atoms with E-state index in [0.717, 1.165) is 29.3 Å². The number of piperazine rings is 1. The Kier molecular flexibility index (Phi) is 8.67. The molecular weight excluding hydrogens is 673 g/mol. The minimum absolute atomic E-state index is 0.00489. The normalized spacial score (nSPS) is 23.7. The summed E-state index contributed by atoms with van der Waals surface area (Å²) in [6.45, 7) is 4.45. The van der Waals surface area contributed by atoms with Crippen LogP contribution < -0.4 is 18.9 Å². The molecule has 0 aromatic heterocycles. The highest BCUT2D eigenvalue weighted by atomic mass is 19.4. The lowest BCUT2D eigenvalue weighted by Crippen LogP contribution is -2.68. The molecule has 0 saturated carbocycles. The van der Waals surface area contributed by atoms with E-state index in [-0.39, 0.29) is 36.9 Å². The van der Waals surface area contributed by atoms with Gasteiger partial charge in [-0.2, -0.15) is 13.2 Å². The Hall–Kier alpha value is -4.79. The van der Waals surface area contributed by atoms with E-state index < -0.39 is 54.1 Å². The van der Waals surface area contributed by atoms with E-state index in [1.54, 1.807) is 6.92 Å². The minimum atomic E-state index is -4.55. The van der Waals surface area contributed by atoms with Crippen molar-refractivity contribution in [2.24, 2.45) is 0 Å². The Morgan fingerprint density at radius 1 is 1.06 bits per heavy atom. The Balaban J connectivity index is 1.33. The molecule has 5 atom stereocenters. The molecule has 3 aromatic carbocycles. The van der Waals surface area contributed by atoms with E-state index in [0.29, 0.717) is 45.9 Å². The van der Waals surface area contributed by atoms with Crippen LogP contribution in [0.5, 0.6) is 28.7 Å². The number of esters is 2. The Bertz CT molecular complexity index is 1960. The summed E-state index contributed by atoms with van der Waals surface area (Å²) in [4.78, 5) is 29.5. The highest BCUT2D eigenvalue weighted by molar-refractivity contribution is 5.87. The van der Waals surface area contributed by atoms with Crippen LogP contribution in [0.2, 0.25) is 0 Å². The van der Waals surface area contributed by atoms with E-state index in [1.807, 2.05) is 29.8 Å². The summed E-state index contributed by atoms with van der Waals surface area (Å²) in [6.07, 6.45) is -2.73. The second-order valence-corrected chi connectivity index (χ2v) is 13.3. The number of benzene rings is 3. The predicted molar refractivity (Wildman–Crippen MR) is 176 cm³/mol. The van der Waals surface area contributed by atoms with Gasteiger partial charge in [0, 0.05) is 41.3 Å². The second-order valence-electron chi connectivity index (χ2n) is 13.3. The number of aromatic hydroxyl groups is 1. The zero-order valence-corrected chi connectivity index (χ0v) is 28.5. The van der Waals surface area contributed by atoms with Gasteiger partial charge in [0.1, 0.15) is 18.6 Å². The van der Waals surface area contributed by atoms with Crippen LogP contribution in [0.25, 0.3) is 6.08 Å². The number of carbonyl (C=O) groups excluding carboxylic acids is 2. The number of alkyl halides is 3. The van der Waals surface area contributed by atoms with Gasteiger partial charge in [-0.15, -0.1) is 0 Å². The molecule has 4 aliphatic rings. The fourth-order valence-electron chi connectivity index (χ4n) is 8.27. The Morgan fingerprint density at radius 3 is 2.51 bits per heavy atom. The number of hydrogen-bond donors (Lipinski definition) is 2. The first-order valence-corrected chi connectivity index (χ1v) is 16.4. The van der Waals surface area contributed by atoms with Gasteiger partial charge < -0.3 is 33.9 Å². The Labute approximate surface area is 291 Å². The summed E-state index contributed by atoms with van der Waals surface area (Å²) >= 11 is 0. The predicted octanol–water partition coefficient (Wildman–Crippen LogP) is 5.14. The van der Waals surface area contributed by atoms with Gasteiger partial charge in [0.15, 0.2) is 23.0 Å². The number of fused-ring (bicyclic) bond motifs is 9. The van der Waals surface area contributed by atoms with Gasteiger partial charge in [-0.25, -0.2) is 4.79 Å². The molecular formula is C37H37F3N2O9. The topological polar surface area (TPSA) is 127 Å². The average Bonchev–Trinajstić information content (AvgIpc) is 3.57. The zero-order chi connectivity index (χ0) is 36.5. The van der Waals surface area contributed by atoms with Crippen LogP contribution in [-0.4, -0.2) is 77.8 Å². The maximum atomic E-state index is 13.3. The van der Waals surface area contributed by atoms with Crippen LogP contribution in [-0.2, 0) is 33.3 Å². The number of aliphatic hydroxyl groups excluding tert-OH is 1. The number of methoxy groups -OCH3 is 1. The second kappa shape index (κ2) is 12.8. The first kappa shape index (κ1) is 34.6. The van der Waals surface area contributed by atoms with Crippen LogP contribution in [0.4, 0.5) is 13.2 Å². The molecule has 270 valence electrons. The van der Waals surface area contributed by atoms with Gasteiger partial charge in [-0.1, -0.05) is 18.2 Å². The highest BCUT2D eigenvalue weighted by Crippen LogP contribution is 2.58. The number of rotatable bonds is 6. The van der Waals surface area contributed by atoms with E-state index in [4.69, 9.17) is 23.7 Å². The number of nitrogens with zero attached hydrogens (tertiary/aromatic N) is 2. The van der Waals surface area contributed by atoms with Crippen LogP contribution in [0.3, 0.4) is 0 Å². The Morgan fingerprint density at radius 2 is 1.80 bits per heavy atom. The number of aryl methyl sites for hydroxylation is 1. The van der Waals surface area contributed by atoms with E-state index in [2.05, 4.69) is 0 Å². The number of halogens is 3. The number of hydrogen-bond acceptors (Lipinski definition) is 11. The SMILES string of the molecule is COc1c(C)cc2c(c1O)[C@@H]1C3Cc4c(OC(C)=O)c(C)c5c(c4[C@H](COC(=O)/C=C/c4cccc(C(F)(F)F)c4)N3C(O)[C@H](C2)N1C)OCO5. The van der Waals surface area contributed by atoms with Crippen LogP contribution >= 0.6 is 0 Å². The van der Waals surface area contributed by atoms with Crippen molar-refractivity contribution < 1.29 is 56.7 Å². The van der Waals surface area contributed by atoms with Crippen LogP contribution in [0.15, 0.2) is 36.4 Å². The first-order chi connectivity index (χ1) is 24.2. The van der Waals surface area contributed by atoms with Crippen molar-refractivity contribution in [1.29, 1.82) is 0 Å². The monoisotopic (exact) mass is 710 g/mol. The summed E-state index contributed by atoms with van der Waals surface area (Å²) in [5.41, 5.74) is 3.22. The summed E-state index contributed by atoms with van der Waals surface area (Å²) < 4.78 is 68.7. The fourth-order valence-corrected chi connectivity index (χ4v) is 8.27. The summed E-state index contributed by atoms with van der Waals surface area (Å²) in [5.74, 6) is -0.0639. The number of phenols is 1. The molecule has 4 aliphatic heterocycles. The molecule has 0 amide bonds. The van der Waals surface area contributed by atoms with Gasteiger partial charge in [-0.05, 0) is 68.6 Å². The minimum Gasteiger partial charge on any atom is -0.504 e. The quantitative estimate of drug-likeness (QED) is 0.201. The van der Waals surface area contributed by atoms with Gasteiger partial charge >= 0.3 is 18.1 Å². The standard InChI is InChI=1S/C37H37F3N2O9/c1-17-11-21-13-25-36(46)42-24(30(41(25)4)28(21)31(45)32(17)47-5)14-23-29(35-34(49-16-50-35)18(2)33(23)51-19(3)43)26(42)15-48-27(44)10-9-20-7-6-8-22(12-20)37(38,39)40/h6-12,24-26,30,36,45-46H,13-16H2,1-5H3/b10-9+/t24?,25-,26-,30-,36?/m0/s1. The van der Waals surface area contributed by atoms with Crippen molar-refractivity contribution in [2.75, 3.05) is 27.6 Å². The molecule has 7 rings (SSSR count). The molecule has 14 heteroatoms. The van der Waals surface area contributed by atoms with Gasteiger partial charge in [-0.3, -0.25) is 14.6 Å². The molecule has 1 saturated heterocycles. The zero-order valence-electron chi connectivity index (χ0n) is 28.5. The largest absolute Gasteiger partial charge is 0.504 e. The lowest BCUT2D eigenvalue weighted by atomic mass is 9.73. The molecule has 2 unspecified atom stereocenters. The molecule has 2 bridgehead atoms. The van der Waals surface area contributed by atoms with Crippen molar-refractivity contribution in [3.8, 4) is 28.7 Å². The van der Waals surface area contributed by atoms with Gasteiger partial charge in [0.25, 0.3) is 0 Å². The number of phenolic OH excluding ortho intramolecular Hbond substituents is 1. The first-order valence-electron chi connectivity index (χ1n) is 16.4. The van der Waals surface area contributed by atoms with E-state index in [9.17, 15) is 33.0 Å². The third-order valence-electron chi connectivity index (χ3n) is 10.4. The highest BCUT2D eigenvalue weighted by Gasteiger charge is 2.56. The summed E-state index contributed by atoms with van der Waals surface area (Å²) in [6, 6.07) is 4.17. The van der Waals surface area contributed by atoms with E-state index >= 15 is 0 Å². The number of likely N-dealkylation sites (N-methyl/N-ethyl adjacent to an activating group) is 1. The third-order valence-corrected chi connectivity index (χ3v) is 10.4. The average molecular weight is 711 g/mol. The van der Waals surface area contributed by atoms with Gasteiger partial charge in [0.2, 0.25) is 6.79 Å². The number of aliphatic hydroxyl groups is 1. The summed E-state index contributed by atoms with van der Waals surface area (Å²) in [7, 11) is 3.37. The summed E-state index contributed by atoms with van der Waals surface area (Å²) in [5, 5.41) is 23.8. The van der Waals surface area contributed by atoms with Crippen molar-refractivity contribution in [2.45, 2.75) is 70.2 Å².